The Balaban J connectivity index is 2.76. The van der Waals surface area contributed by atoms with E-state index in [4.69, 9.17) is 4.74 Å². The van der Waals surface area contributed by atoms with Crippen LogP contribution in [-0.4, -0.2) is 30.6 Å². The highest BCUT2D eigenvalue weighted by Gasteiger charge is 2.11. The fraction of sp³-hybridized carbons (Fsp3) is 0.462. The lowest BCUT2D eigenvalue weighted by atomic mass is 10.3. The predicted molar refractivity (Wildman–Crippen MR) is 69.6 cm³/mol. The van der Waals surface area contributed by atoms with E-state index in [-0.39, 0.29) is 6.03 Å². The van der Waals surface area contributed by atoms with Crippen molar-refractivity contribution in [3.63, 3.8) is 0 Å². The highest BCUT2D eigenvalue weighted by atomic mass is 16.5. The van der Waals surface area contributed by atoms with Crippen molar-refractivity contribution in [2.24, 2.45) is 0 Å². The Kier molecular flexibility index (Phi) is 5.33. The third kappa shape index (κ3) is 3.66. The second-order valence-corrected chi connectivity index (χ2v) is 3.53. The average molecular weight is 236 g/mol. The molecule has 4 heteroatoms. The lowest BCUT2D eigenvalue weighted by Crippen LogP contribution is -2.34. The SMILES string of the molecule is CCOc1ccccc1NC(=O)N(CC)CC. The lowest BCUT2D eigenvalue weighted by Gasteiger charge is -2.20. The van der Waals surface area contributed by atoms with Crippen LogP contribution < -0.4 is 10.1 Å². The molecule has 0 saturated carbocycles. The van der Waals surface area contributed by atoms with Crippen LogP contribution in [0, 0.1) is 0 Å². The first-order chi connectivity index (χ1) is 8.22. The van der Waals surface area contributed by atoms with Crippen molar-refractivity contribution in [3.05, 3.63) is 24.3 Å². The Morgan fingerprint density at radius 2 is 1.88 bits per heavy atom. The molecule has 0 radical (unpaired) electrons. The first-order valence-corrected chi connectivity index (χ1v) is 6.00. The van der Waals surface area contributed by atoms with Crippen LogP contribution in [0.2, 0.25) is 0 Å². The molecule has 0 aliphatic heterocycles. The number of anilines is 1. The van der Waals surface area contributed by atoms with Gasteiger partial charge < -0.3 is 15.0 Å². The predicted octanol–water partition coefficient (Wildman–Crippen LogP) is 2.96. The highest BCUT2D eigenvalue weighted by Crippen LogP contribution is 2.23. The van der Waals surface area contributed by atoms with E-state index >= 15 is 0 Å². The summed E-state index contributed by atoms with van der Waals surface area (Å²) in [7, 11) is 0. The van der Waals surface area contributed by atoms with E-state index in [9.17, 15) is 4.79 Å². The Morgan fingerprint density at radius 1 is 1.24 bits per heavy atom. The van der Waals surface area contributed by atoms with Gasteiger partial charge in [0, 0.05) is 13.1 Å². The van der Waals surface area contributed by atoms with E-state index in [1.165, 1.54) is 0 Å². The average Bonchev–Trinajstić information content (AvgIpc) is 2.33. The van der Waals surface area contributed by atoms with E-state index in [1.807, 2.05) is 45.0 Å². The summed E-state index contributed by atoms with van der Waals surface area (Å²) in [5, 5.41) is 2.86. The monoisotopic (exact) mass is 236 g/mol. The smallest absolute Gasteiger partial charge is 0.321 e. The number of benzene rings is 1. The maximum Gasteiger partial charge on any atom is 0.321 e. The quantitative estimate of drug-likeness (QED) is 0.854. The Morgan fingerprint density at radius 3 is 2.47 bits per heavy atom. The maximum atomic E-state index is 11.9. The van der Waals surface area contributed by atoms with Crippen LogP contribution in [-0.2, 0) is 0 Å². The largest absolute Gasteiger partial charge is 0.492 e. The van der Waals surface area contributed by atoms with Crippen molar-refractivity contribution in [3.8, 4) is 5.75 Å². The van der Waals surface area contributed by atoms with Crippen LogP contribution in [0.15, 0.2) is 24.3 Å². The molecule has 0 aromatic heterocycles. The number of ether oxygens (including phenoxy) is 1. The number of rotatable bonds is 5. The first-order valence-electron chi connectivity index (χ1n) is 6.00. The fourth-order valence-electron chi connectivity index (χ4n) is 1.56. The molecule has 2 amide bonds. The Labute approximate surface area is 103 Å². The van der Waals surface area contributed by atoms with Gasteiger partial charge in [0.15, 0.2) is 0 Å². The molecule has 4 nitrogen and oxygen atoms in total. The van der Waals surface area contributed by atoms with Crippen molar-refractivity contribution in [2.45, 2.75) is 20.8 Å². The molecule has 0 atom stereocenters. The van der Waals surface area contributed by atoms with Crippen LogP contribution >= 0.6 is 0 Å². The van der Waals surface area contributed by atoms with Gasteiger partial charge in [0.25, 0.3) is 0 Å². The fourth-order valence-corrected chi connectivity index (χ4v) is 1.56. The number of hydrogen-bond acceptors (Lipinski definition) is 2. The number of nitrogens with one attached hydrogen (secondary N) is 1. The number of hydrogen-bond donors (Lipinski definition) is 1. The van der Waals surface area contributed by atoms with Gasteiger partial charge >= 0.3 is 6.03 Å². The standard InChI is InChI=1S/C13H20N2O2/c1-4-15(5-2)13(16)14-11-9-7-8-10-12(11)17-6-3/h7-10H,4-6H2,1-3H3,(H,14,16). The molecule has 0 unspecified atom stereocenters. The summed E-state index contributed by atoms with van der Waals surface area (Å²) in [6.07, 6.45) is 0. The van der Waals surface area contributed by atoms with Gasteiger partial charge in [-0.2, -0.15) is 0 Å². The zero-order chi connectivity index (χ0) is 12.7. The number of carbonyl (C=O) groups excluding carboxylic acids is 1. The number of carbonyl (C=O) groups is 1. The zero-order valence-corrected chi connectivity index (χ0v) is 10.7. The second kappa shape index (κ2) is 6.78. The molecular weight excluding hydrogens is 216 g/mol. The summed E-state index contributed by atoms with van der Waals surface area (Å²) in [4.78, 5) is 13.6. The molecule has 17 heavy (non-hydrogen) atoms. The molecule has 94 valence electrons. The number of para-hydroxylation sites is 2. The molecule has 0 bridgehead atoms. The van der Waals surface area contributed by atoms with E-state index in [1.54, 1.807) is 4.90 Å². The summed E-state index contributed by atoms with van der Waals surface area (Å²) < 4.78 is 5.45. The molecular formula is C13H20N2O2. The van der Waals surface area contributed by atoms with Crippen LogP contribution in [0.5, 0.6) is 5.75 Å². The van der Waals surface area contributed by atoms with Gasteiger partial charge in [-0.3, -0.25) is 0 Å². The molecule has 0 fully saturated rings. The van der Waals surface area contributed by atoms with E-state index in [0.29, 0.717) is 31.1 Å². The molecule has 0 aliphatic rings. The Hall–Kier alpha value is -1.71. The lowest BCUT2D eigenvalue weighted by molar-refractivity contribution is 0.217. The maximum absolute atomic E-state index is 11.9. The van der Waals surface area contributed by atoms with Crippen molar-refractivity contribution in [2.75, 3.05) is 25.0 Å². The van der Waals surface area contributed by atoms with Crippen molar-refractivity contribution in [1.29, 1.82) is 0 Å². The summed E-state index contributed by atoms with van der Waals surface area (Å²) in [6.45, 7) is 7.80. The molecule has 1 rings (SSSR count). The molecule has 0 aliphatic carbocycles. The molecule has 0 saturated heterocycles. The van der Waals surface area contributed by atoms with Gasteiger partial charge in [0.2, 0.25) is 0 Å². The molecule has 1 aromatic rings. The van der Waals surface area contributed by atoms with Gasteiger partial charge in [0.1, 0.15) is 5.75 Å². The minimum Gasteiger partial charge on any atom is -0.492 e. The first kappa shape index (κ1) is 13.4. The second-order valence-electron chi connectivity index (χ2n) is 3.53. The normalized spacial score (nSPS) is 9.82. The van der Waals surface area contributed by atoms with Crippen LogP contribution in [0.25, 0.3) is 0 Å². The third-order valence-electron chi connectivity index (χ3n) is 2.48. The van der Waals surface area contributed by atoms with Gasteiger partial charge in [-0.1, -0.05) is 12.1 Å². The minimum absolute atomic E-state index is 0.0952. The van der Waals surface area contributed by atoms with Gasteiger partial charge in [-0.25, -0.2) is 4.79 Å². The zero-order valence-electron chi connectivity index (χ0n) is 10.7. The summed E-state index contributed by atoms with van der Waals surface area (Å²) in [6, 6.07) is 7.36. The van der Waals surface area contributed by atoms with E-state index in [0.717, 1.165) is 0 Å². The number of amides is 2. The van der Waals surface area contributed by atoms with Crippen molar-refractivity contribution >= 4 is 11.7 Å². The van der Waals surface area contributed by atoms with Gasteiger partial charge in [-0.05, 0) is 32.9 Å². The van der Waals surface area contributed by atoms with Gasteiger partial charge in [-0.15, -0.1) is 0 Å². The van der Waals surface area contributed by atoms with Crippen LogP contribution in [0.1, 0.15) is 20.8 Å². The highest BCUT2D eigenvalue weighted by molar-refractivity contribution is 5.90. The molecule has 1 N–H and O–H groups in total. The topological polar surface area (TPSA) is 41.6 Å². The summed E-state index contributed by atoms with van der Waals surface area (Å²) in [5.74, 6) is 0.704. The Bertz CT molecular complexity index is 362. The molecule has 0 heterocycles. The number of nitrogens with zero attached hydrogens (tertiary/aromatic N) is 1. The number of urea groups is 1. The van der Waals surface area contributed by atoms with Crippen LogP contribution in [0.4, 0.5) is 10.5 Å². The summed E-state index contributed by atoms with van der Waals surface area (Å²) >= 11 is 0. The molecule has 0 spiro atoms. The minimum atomic E-state index is -0.0952. The van der Waals surface area contributed by atoms with Crippen molar-refractivity contribution < 1.29 is 9.53 Å². The third-order valence-corrected chi connectivity index (χ3v) is 2.48. The van der Waals surface area contributed by atoms with Gasteiger partial charge in [0.05, 0.1) is 12.3 Å². The summed E-state index contributed by atoms with van der Waals surface area (Å²) in [5.41, 5.74) is 0.714. The van der Waals surface area contributed by atoms with E-state index < -0.39 is 0 Å². The molecule has 1 aromatic carbocycles. The van der Waals surface area contributed by atoms with Crippen molar-refractivity contribution in [1.82, 2.24) is 4.90 Å². The van der Waals surface area contributed by atoms with Crippen LogP contribution in [0.3, 0.4) is 0 Å². The van der Waals surface area contributed by atoms with E-state index in [2.05, 4.69) is 5.32 Å².